The highest BCUT2D eigenvalue weighted by Crippen LogP contribution is 2.39. The van der Waals surface area contributed by atoms with Gasteiger partial charge in [-0.25, -0.2) is 15.0 Å². The van der Waals surface area contributed by atoms with Gasteiger partial charge < -0.3 is 5.32 Å². The monoisotopic (exact) mass is 666 g/mol. The Morgan fingerprint density at radius 2 is 0.827 bits per heavy atom. The SMILES string of the molecule is c1ccc(C2=NC(c3ccc4ccccc4c3-c3ccc(-c4cc(-c5ccccc5)nc(-c5ccccc5)c4)cc3)N=C(c3ccccc3)N2)cc1. The summed E-state index contributed by atoms with van der Waals surface area (Å²) < 4.78 is 0. The molecule has 0 atom stereocenters. The lowest BCUT2D eigenvalue weighted by Crippen LogP contribution is -2.36. The van der Waals surface area contributed by atoms with E-state index in [2.05, 4.69) is 151 Å². The molecule has 9 rings (SSSR count). The maximum Gasteiger partial charge on any atom is 0.170 e. The lowest BCUT2D eigenvalue weighted by Gasteiger charge is -2.24. The molecule has 0 amide bonds. The molecule has 52 heavy (non-hydrogen) atoms. The molecule has 7 aromatic carbocycles. The fraction of sp³-hybridized carbons (Fsp3) is 0.0208. The first-order valence-corrected chi connectivity index (χ1v) is 17.6. The third-order valence-electron chi connectivity index (χ3n) is 9.54. The van der Waals surface area contributed by atoms with Crippen LogP contribution in [0, 0.1) is 0 Å². The van der Waals surface area contributed by atoms with Crippen LogP contribution in [-0.4, -0.2) is 16.7 Å². The fourth-order valence-corrected chi connectivity index (χ4v) is 6.94. The topological polar surface area (TPSA) is 49.6 Å². The van der Waals surface area contributed by atoms with E-state index in [9.17, 15) is 0 Å². The van der Waals surface area contributed by atoms with E-state index in [1.54, 1.807) is 0 Å². The summed E-state index contributed by atoms with van der Waals surface area (Å²) in [5.41, 5.74) is 11.6. The minimum Gasteiger partial charge on any atom is -0.324 e. The Labute approximate surface area is 303 Å². The predicted octanol–water partition coefficient (Wildman–Crippen LogP) is 11.4. The van der Waals surface area contributed by atoms with Crippen LogP contribution >= 0.6 is 0 Å². The molecule has 1 aromatic heterocycles. The summed E-state index contributed by atoms with van der Waals surface area (Å²) in [5.74, 6) is 1.60. The summed E-state index contributed by atoms with van der Waals surface area (Å²) in [6.07, 6.45) is -0.451. The first-order chi connectivity index (χ1) is 25.8. The zero-order valence-corrected chi connectivity index (χ0v) is 28.4. The molecule has 0 radical (unpaired) electrons. The minimum absolute atomic E-state index is 0.451. The third-order valence-corrected chi connectivity index (χ3v) is 9.54. The average Bonchev–Trinajstić information content (AvgIpc) is 3.24. The van der Waals surface area contributed by atoms with Crippen molar-refractivity contribution in [3.63, 3.8) is 0 Å². The smallest absolute Gasteiger partial charge is 0.170 e. The van der Waals surface area contributed by atoms with E-state index in [0.717, 1.165) is 73.1 Å². The molecule has 0 saturated heterocycles. The van der Waals surface area contributed by atoms with Crippen molar-refractivity contribution in [1.82, 2.24) is 10.3 Å². The second kappa shape index (κ2) is 13.8. The van der Waals surface area contributed by atoms with Crippen molar-refractivity contribution in [3.05, 3.63) is 211 Å². The van der Waals surface area contributed by atoms with Gasteiger partial charge in [0, 0.05) is 27.8 Å². The Morgan fingerprint density at radius 3 is 1.37 bits per heavy atom. The molecule has 1 aliphatic heterocycles. The highest BCUT2D eigenvalue weighted by molar-refractivity contribution is 6.16. The summed E-state index contributed by atoms with van der Waals surface area (Å²) >= 11 is 0. The van der Waals surface area contributed by atoms with Crippen molar-refractivity contribution in [2.24, 2.45) is 9.98 Å². The molecule has 0 fully saturated rings. The maximum absolute atomic E-state index is 5.24. The van der Waals surface area contributed by atoms with Gasteiger partial charge in [0.2, 0.25) is 0 Å². The van der Waals surface area contributed by atoms with Crippen molar-refractivity contribution in [1.29, 1.82) is 0 Å². The number of nitrogens with zero attached hydrogens (tertiary/aromatic N) is 3. The molecule has 246 valence electrons. The van der Waals surface area contributed by atoms with E-state index in [0.29, 0.717) is 0 Å². The normalized spacial score (nSPS) is 12.9. The Balaban J connectivity index is 1.18. The van der Waals surface area contributed by atoms with Crippen molar-refractivity contribution in [2.75, 3.05) is 0 Å². The summed E-state index contributed by atoms with van der Waals surface area (Å²) in [6, 6.07) is 67.6. The van der Waals surface area contributed by atoms with Crippen LogP contribution in [0.5, 0.6) is 0 Å². The molecule has 1 N–H and O–H groups in total. The number of rotatable bonds is 7. The molecule has 0 saturated carbocycles. The standard InChI is InChI=1S/C48H34N4/c1-5-16-35(17-6-1)43-31-40(32-44(49-43)36-18-7-2-8-19-36)33-25-27-37(28-26-33)45-41-24-14-13-15-34(41)29-30-42(45)48-51-46(38-20-9-3-10-21-38)50-47(52-48)39-22-11-4-12-23-39/h1-32,48H,(H,50,51,52). The van der Waals surface area contributed by atoms with Crippen LogP contribution in [0.2, 0.25) is 0 Å². The van der Waals surface area contributed by atoms with Gasteiger partial charge >= 0.3 is 0 Å². The second-order valence-corrected chi connectivity index (χ2v) is 12.9. The predicted molar refractivity (Wildman–Crippen MR) is 215 cm³/mol. The van der Waals surface area contributed by atoms with Gasteiger partial charge in [0.25, 0.3) is 0 Å². The molecule has 4 nitrogen and oxygen atoms in total. The second-order valence-electron chi connectivity index (χ2n) is 12.9. The summed E-state index contributed by atoms with van der Waals surface area (Å²) in [7, 11) is 0. The molecular formula is C48H34N4. The molecule has 2 heterocycles. The molecular weight excluding hydrogens is 633 g/mol. The van der Waals surface area contributed by atoms with E-state index < -0.39 is 6.17 Å². The van der Waals surface area contributed by atoms with Gasteiger partial charge in [-0.15, -0.1) is 0 Å². The first kappa shape index (κ1) is 31.1. The Morgan fingerprint density at radius 1 is 0.365 bits per heavy atom. The van der Waals surface area contributed by atoms with E-state index >= 15 is 0 Å². The molecule has 4 heteroatoms. The maximum atomic E-state index is 5.24. The first-order valence-electron chi connectivity index (χ1n) is 17.6. The van der Waals surface area contributed by atoms with E-state index in [-0.39, 0.29) is 0 Å². The van der Waals surface area contributed by atoms with Crippen molar-refractivity contribution in [2.45, 2.75) is 6.17 Å². The van der Waals surface area contributed by atoms with Gasteiger partial charge in [0.05, 0.1) is 11.4 Å². The molecule has 0 aliphatic carbocycles. The number of nitrogens with one attached hydrogen (secondary N) is 1. The van der Waals surface area contributed by atoms with Gasteiger partial charge in [0.15, 0.2) is 6.17 Å². The van der Waals surface area contributed by atoms with Crippen LogP contribution in [0.25, 0.3) is 55.5 Å². The Kier molecular flexibility index (Phi) is 8.24. The van der Waals surface area contributed by atoms with Crippen molar-refractivity contribution < 1.29 is 0 Å². The van der Waals surface area contributed by atoms with Crippen molar-refractivity contribution >= 4 is 22.4 Å². The highest BCUT2D eigenvalue weighted by Gasteiger charge is 2.24. The molecule has 1 aliphatic rings. The van der Waals surface area contributed by atoms with Gasteiger partial charge in [-0.3, -0.25) is 0 Å². The number of amidine groups is 2. The van der Waals surface area contributed by atoms with E-state index in [4.69, 9.17) is 15.0 Å². The Bertz CT molecular complexity index is 2450. The van der Waals surface area contributed by atoms with Gasteiger partial charge in [-0.05, 0) is 45.2 Å². The van der Waals surface area contributed by atoms with Crippen LogP contribution < -0.4 is 5.32 Å². The minimum atomic E-state index is -0.451. The van der Waals surface area contributed by atoms with Crippen LogP contribution in [0.4, 0.5) is 0 Å². The van der Waals surface area contributed by atoms with Crippen LogP contribution in [0.15, 0.2) is 204 Å². The fourth-order valence-electron chi connectivity index (χ4n) is 6.94. The van der Waals surface area contributed by atoms with Gasteiger partial charge in [0.1, 0.15) is 11.7 Å². The number of pyridine rings is 1. The number of benzene rings is 7. The molecule has 0 bridgehead atoms. The van der Waals surface area contributed by atoms with Gasteiger partial charge in [-0.2, -0.15) is 0 Å². The van der Waals surface area contributed by atoms with E-state index in [1.165, 1.54) is 10.8 Å². The van der Waals surface area contributed by atoms with E-state index in [1.807, 2.05) is 48.5 Å². The van der Waals surface area contributed by atoms with Gasteiger partial charge in [-0.1, -0.05) is 182 Å². The van der Waals surface area contributed by atoms with Crippen LogP contribution in [-0.2, 0) is 0 Å². The Hall–Kier alpha value is -6.91. The lowest BCUT2D eigenvalue weighted by molar-refractivity contribution is 0.758. The quantitative estimate of drug-likeness (QED) is 0.184. The zero-order valence-electron chi connectivity index (χ0n) is 28.4. The summed E-state index contributed by atoms with van der Waals surface area (Å²) in [5, 5.41) is 5.88. The summed E-state index contributed by atoms with van der Waals surface area (Å²) in [6.45, 7) is 0. The number of fused-ring (bicyclic) bond motifs is 1. The van der Waals surface area contributed by atoms with Crippen molar-refractivity contribution in [3.8, 4) is 44.8 Å². The van der Waals surface area contributed by atoms with Crippen LogP contribution in [0.1, 0.15) is 22.9 Å². The number of aromatic nitrogens is 1. The molecule has 0 unspecified atom stereocenters. The number of hydrogen-bond acceptors (Lipinski definition) is 4. The summed E-state index contributed by atoms with van der Waals surface area (Å²) in [4.78, 5) is 15.6. The zero-order chi connectivity index (χ0) is 34.7. The number of aliphatic imine (C=N–C) groups is 2. The number of hydrogen-bond donors (Lipinski definition) is 1. The largest absolute Gasteiger partial charge is 0.324 e. The van der Waals surface area contributed by atoms with Crippen LogP contribution in [0.3, 0.4) is 0 Å². The molecule has 8 aromatic rings. The molecule has 0 spiro atoms. The lowest BCUT2D eigenvalue weighted by atomic mass is 9.90. The highest BCUT2D eigenvalue weighted by atomic mass is 15.2. The third kappa shape index (κ3) is 6.19. The average molecular weight is 667 g/mol.